The summed E-state index contributed by atoms with van der Waals surface area (Å²) in [6.07, 6.45) is 0. The lowest BCUT2D eigenvalue weighted by molar-refractivity contribution is 0.0951. The molecule has 3 aromatic rings. The number of hydrogen-bond acceptors (Lipinski definition) is 2. The SMILES string of the molecule is Cc1ccc(Cn2nc(C)c(C(=O)NCC(C)c3ccccc3)c2Cl)cc1. The van der Waals surface area contributed by atoms with Gasteiger partial charge in [0.05, 0.1) is 17.8 Å². The van der Waals surface area contributed by atoms with Crippen LogP contribution >= 0.6 is 11.6 Å². The van der Waals surface area contributed by atoms with Crippen molar-refractivity contribution in [2.24, 2.45) is 0 Å². The molecule has 0 aliphatic carbocycles. The van der Waals surface area contributed by atoms with Crippen LogP contribution in [0.25, 0.3) is 0 Å². The lowest BCUT2D eigenvalue weighted by Crippen LogP contribution is -2.28. The van der Waals surface area contributed by atoms with Crippen LogP contribution in [0.15, 0.2) is 54.6 Å². The summed E-state index contributed by atoms with van der Waals surface area (Å²) in [5.41, 5.74) is 4.57. The van der Waals surface area contributed by atoms with E-state index in [-0.39, 0.29) is 11.8 Å². The van der Waals surface area contributed by atoms with Gasteiger partial charge in [0.1, 0.15) is 5.15 Å². The molecule has 0 bridgehead atoms. The van der Waals surface area contributed by atoms with E-state index in [1.165, 1.54) is 11.1 Å². The van der Waals surface area contributed by atoms with Gasteiger partial charge in [-0.2, -0.15) is 5.10 Å². The highest BCUT2D eigenvalue weighted by atomic mass is 35.5. The summed E-state index contributed by atoms with van der Waals surface area (Å²) < 4.78 is 1.68. The van der Waals surface area contributed by atoms with Crippen molar-refractivity contribution < 1.29 is 4.79 Å². The lowest BCUT2D eigenvalue weighted by Gasteiger charge is -2.13. The van der Waals surface area contributed by atoms with Gasteiger partial charge in [-0.05, 0) is 30.9 Å². The van der Waals surface area contributed by atoms with Gasteiger partial charge in [-0.1, -0.05) is 78.7 Å². The van der Waals surface area contributed by atoms with Gasteiger partial charge in [0, 0.05) is 6.54 Å². The standard InChI is InChI=1S/C22H24ClN3O/c1-15-9-11-18(12-10-15)14-26-21(23)20(17(3)25-26)22(27)24-13-16(2)19-7-5-4-6-8-19/h4-12,16H,13-14H2,1-3H3,(H,24,27). The zero-order chi connectivity index (χ0) is 19.4. The number of carbonyl (C=O) groups excluding carboxylic acids is 1. The van der Waals surface area contributed by atoms with Gasteiger partial charge >= 0.3 is 0 Å². The average Bonchev–Trinajstić information content (AvgIpc) is 2.95. The maximum absolute atomic E-state index is 12.7. The molecule has 0 saturated carbocycles. The molecule has 27 heavy (non-hydrogen) atoms. The Morgan fingerprint density at radius 3 is 2.44 bits per heavy atom. The van der Waals surface area contributed by atoms with Crippen molar-refractivity contribution in [1.29, 1.82) is 0 Å². The highest BCUT2D eigenvalue weighted by Crippen LogP contribution is 2.21. The predicted octanol–water partition coefficient (Wildman–Crippen LogP) is 4.74. The van der Waals surface area contributed by atoms with Crippen molar-refractivity contribution in [3.8, 4) is 0 Å². The highest BCUT2D eigenvalue weighted by Gasteiger charge is 2.21. The summed E-state index contributed by atoms with van der Waals surface area (Å²) in [4.78, 5) is 12.7. The lowest BCUT2D eigenvalue weighted by atomic mass is 10.0. The zero-order valence-corrected chi connectivity index (χ0v) is 16.6. The molecule has 0 saturated heterocycles. The molecule has 0 spiro atoms. The number of hydrogen-bond donors (Lipinski definition) is 1. The van der Waals surface area contributed by atoms with Gasteiger partial charge in [0.2, 0.25) is 0 Å². The Balaban J connectivity index is 1.69. The van der Waals surface area contributed by atoms with E-state index in [9.17, 15) is 4.79 Å². The second-order valence-electron chi connectivity index (χ2n) is 6.92. The summed E-state index contributed by atoms with van der Waals surface area (Å²) in [5, 5.41) is 7.82. The number of amides is 1. The first kappa shape index (κ1) is 19.2. The number of rotatable bonds is 6. The molecular weight excluding hydrogens is 358 g/mol. The Morgan fingerprint density at radius 1 is 1.11 bits per heavy atom. The number of halogens is 1. The maximum atomic E-state index is 12.7. The number of aromatic nitrogens is 2. The largest absolute Gasteiger partial charge is 0.351 e. The molecule has 1 heterocycles. The number of aryl methyl sites for hydroxylation is 2. The van der Waals surface area contributed by atoms with E-state index in [1.807, 2.05) is 44.2 Å². The number of nitrogens with one attached hydrogen (secondary N) is 1. The minimum atomic E-state index is -0.185. The molecule has 0 aliphatic rings. The van der Waals surface area contributed by atoms with Gasteiger partial charge in [0.25, 0.3) is 5.91 Å². The molecule has 0 aliphatic heterocycles. The first-order valence-electron chi connectivity index (χ1n) is 9.07. The first-order chi connectivity index (χ1) is 13.0. The quantitative estimate of drug-likeness (QED) is 0.670. The van der Waals surface area contributed by atoms with E-state index in [0.29, 0.717) is 29.5 Å². The number of nitrogens with zero attached hydrogens (tertiary/aromatic N) is 2. The van der Waals surface area contributed by atoms with Crippen LogP contribution in [0.4, 0.5) is 0 Å². The van der Waals surface area contributed by atoms with E-state index in [1.54, 1.807) is 4.68 Å². The summed E-state index contributed by atoms with van der Waals surface area (Å²) in [5.74, 6) is 0.0345. The maximum Gasteiger partial charge on any atom is 0.256 e. The molecule has 0 fully saturated rings. The fraction of sp³-hybridized carbons (Fsp3) is 0.273. The second kappa shape index (κ2) is 8.40. The summed E-state index contributed by atoms with van der Waals surface area (Å²) in [7, 11) is 0. The Bertz CT molecular complexity index is 917. The minimum absolute atomic E-state index is 0.185. The Kier molecular flexibility index (Phi) is 5.97. The third-order valence-corrected chi connectivity index (χ3v) is 5.07. The number of carbonyl (C=O) groups is 1. The smallest absolute Gasteiger partial charge is 0.256 e. The van der Waals surface area contributed by atoms with Crippen LogP contribution in [0.1, 0.15) is 45.6 Å². The van der Waals surface area contributed by atoms with Gasteiger partial charge in [-0.15, -0.1) is 0 Å². The monoisotopic (exact) mass is 381 g/mol. The van der Waals surface area contributed by atoms with E-state index in [4.69, 9.17) is 11.6 Å². The molecule has 1 aromatic heterocycles. The Hall–Kier alpha value is -2.59. The summed E-state index contributed by atoms with van der Waals surface area (Å²) in [6.45, 7) is 7.03. The molecule has 140 valence electrons. The van der Waals surface area contributed by atoms with Crippen LogP contribution < -0.4 is 5.32 Å². The summed E-state index contributed by atoms with van der Waals surface area (Å²) >= 11 is 6.48. The van der Waals surface area contributed by atoms with Crippen LogP contribution in [0, 0.1) is 13.8 Å². The van der Waals surface area contributed by atoms with Crippen molar-refractivity contribution in [2.45, 2.75) is 33.2 Å². The molecule has 4 nitrogen and oxygen atoms in total. The van der Waals surface area contributed by atoms with Crippen LogP contribution in [-0.2, 0) is 6.54 Å². The Morgan fingerprint density at radius 2 is 1.78 bits per heavy atom. The highest BCUT2D eigenvalue weighted by molar-refractivity contribution is 6.33. The van der Waals surface area contributed by atoms with E-state index >= 15 is 0 Å². The van der Waals surface area contributed by atoms with Crippen molar-refractivity contribution in [2.75, 3.05) is 6.54 Å². The molecule has 1 N–H and O–H groups in total. The zero-order valence-electron chi connectivity index (χ0n) is 15.9. The van der Waals surface area contributed by atoms with E-state index in [0.717, 1.165) is 5.56 Å². The minimum Gasteiger partial charge on any atom is -0.351 e. The molecule has 5 heteroatoms. The molecular formula is C22H24ClN3O. The van der Waals surface area contributed by atoms with Crippen LogP contribution in [-0.4, -0.2) is 22.2 Å². The molecule has 1 amide bonds. The normalized spacial score (nSPS) is 12.0. The van der Waals surface area contributed by atoms with Crippen molar-refractivity contribution in [1.82, 2.24) is 15.1 Å². The van der Waals surface area contributed by atoms with Gasteiger partial charge in [0.15, 0.2) is 0 Å². The molecule has 3 rings (SSSR count). The van der Waals surface area contributed by atoms with Gasteiger partial charge in [-0.25, -0.2) is 4.68 Å². The van der Waals surface area contributed by atoms with Crippen LogP contribution in [0.3, 0.4) is 0 Å². The van der Waals surface area contributed by atoms with E-state index in [2.05, 4.69) is 41.6 Å². The fourth-order valence-electron chi connectivity index (χ4n) is 3.02. The second-order valence-corrected chi connectivity index (χ2v) is 7.27. The molecule has 2 aromatic carbocycles. The van der Waals surface area contributed by atoms with E-state index < -0.39 is 0 Å². The van der Waals surface area contributed by atoms with Crippen molar-refractivity contribution in [3.05, 3.63) is 87.7 Å². The molecule has 1 atom stereocenters. The third-order valence-electron chi connectivity index (χ3n) is 4.68. The van der Waals surface area contributed by atoms with Crippen LogP contribution in [0.5, 0.6) is 0 Å². The third kappa shape index (κ3) is 4.58. The topological polar surface area (TPSA) is 46.9 Å². The first-order valence-corrected chi connectivity index (χ1v) is 9.45. The van der Waals surface area contributed by atoms with Crippen LogP contribution in [0.2, 0.25) is 5.15 Å². The number of benzene rings is 2. The fourth-order valence-corrected chi connectivity index (χ4v) is 3.34. The van der Waals surface area contributed by atoms with Crippen molar-refractivity contribution in [3.63, 3.8) is 0 Å². The summed E-state index contributed by atoms with van der Waals surface area (Å²) in [6, 6.07) is 18.3. The molecule has 0 radical (unpaired) electrons. The predicted molar refractivity (Wildman–Crippen MR) is 109 cm³/mol. The Labute approximate surface area is 165 Å². The van der Waals surface area contributed by atoms with Crippen molar-refractivity contribution >= 4 is 17.5 Å². The average molecular weight is 382 g/mol. The van der Waals surface area contributed by atoms with Gasteiger partial charge < -0.3 is 5.32 Å². The van der Waals surface area contributed by atoms with Gasteiger partial charge in [-0.3, -0.25) is 4.79 Å². The molecule has 1 unspecified atom stereocenters.